The number of carbonyl (C=O) groups excluding carboxylic acids is 2. The van der Waals surface area contributed by atoms with Crippen LogP contribution in [0.15, 0.2) is 30.3 Å². The van der Waals surface area contributed by atoms with Gasteiger partial charge in [0, 0.05) is 6.04 Å². The van der Waals surface area contributed by atoms with Crippen LogP contribution >= 0.6 is 0 Å². The summed E-state index contributed by atoms with van der Waals surface area (Å²) in [7, 11) is 0. The minimum Gasteiger partial charge on any atom is -0.445 e. The van der Waals surface area contributed by atoms with E-state index in [1.54, 1.807) is 13.8 Å². The third kappa shape index (κ3) is 5.30. The van der Waals surface area contributed by atoms with Crippen molar-refractivity contribution >= 4 is 12.0 Å². The highest BCUT2D eigenvalue weighted by molar-refractivity contribution is 5.89. The van der Waals surface area contributed by atoms with Crippen molar-refractivity contribution in [3.63, 3.8) is 0 Å². The van der Waals surface area contributed by atoms with Crippen molar-refractivity contribution in [3.8, 4) is 0 Å². The number of rotatable bonds is 5. The Bertz CT molecular complexity index is 455. The fourth-order valence-electron chi connectivity index (χ4n) is 1.51. The van der Waals surface area contributed by atoms with Gasteiger partial charge in [-0.05, 0) is 33.3 Å². The van der Waals surface area contributed by atoms with E-state index in [2.05, 4.69) is 10.6 Å². The standard InChI is InChI=1S/C15H22N2O3/c1-11(2)16-13(18)15(3,4)17-14(19)20-10-12-8-6-5-7-9-12/h5-9,11H,10H2,1-4H3,(H,16,18)(H,17,19). The molecule has 0 saturated heterocycles. The first-order valence-electron chi connectivity index (χ1n) is 6.61. The Morgan fingerprint density at radius 2 is 1.80 bits per heavy atom. The number of alkyl carbamates (subject to hydrolysis) is 1. The summed E-state index contributed by atoms with van der Waals surface area (Å²) in [6, 6.07) is 9.38. The highest BCUT2D eigenvalue weighted by atomic mass is 16.5. The molecule has 5 heteroatoms. The normalized spacial score (nSPS) is 11.1. The molecule has 0 radical (unpaired) electrons. The predicted molar refractivity (Wildman–Crippen MR) is 77.1 cm³/mol. The molecule has 0 spiro atoms. The Kier molecular flexibility index (Phi) is 5.55. The fraction of sp³-hybridized carbons (Fsp3) is 0.467. The summed E-state index contributed by atoms with van der Waals surface area (Å²) in [5.41, 5.74) is -0.120. The second-order valence-electron chi connectivity index (χ2n) is 5.44. The zero-order valence-corrected chi connectivity index (χ0v) is 12.4. The minimum absolute atomic E-state index is 0.0175. The zero-order valence-electron chi connectivity index (χ0n) is 12.4. The van der Waals surface area contributed by atoms with E-state index in [0.717, 1.165) is 5.56 Å². The number of benzene rings is 1. The van der Waals surface area contributed by atoms with Crippen LogP contribution in [0.25, 0.3) is 0 Å². The maximum absolute atomic E-state index is 11.9. The molecule has 0 unspecified atom stereocenters. The molecule has 0 bridgehead atoms. The van der Waals surface area contributed by atoms with Gasteiger partial charge in [-0.3, -0.25) is 4.79 Å². The molecule has 110 valence electrons. The van der Waals surface area contributed by atoms with Crippen molar-refractivity contribution < 1.29 is 14.3 Å². The van der Waals surface area contributed by atoms with Crippen molar-refractivity contribution in [3.05, 3.63) is 35.9 Å². The van der Waals surface area contributed by atoms with Gasteiger partial charge in [0.1, 0.15) is 12.1 Å². The SMILES string of the molecule is CC(C)NC(=O)C(C)(C)NC(=O)OCc1ccccc1. The Hall–Kier alpha value is -2.04. The Morgan fingerprint density at radius 3 is 2.35 bits per heavy atom. The van der Waals surface area contributed by atoms with E-state index in [0.29, 0.717) is 0 Å². The van der Waals surface area contributed by atoms with Crippen LogP contribution in [0.5, 0.6) is 0 Å². The van der Waals surface area contributed by atoms with Gasteiger partial charge in [0.25, 0.3) is 0 Å². The number of nitrogens with one attached hydrogen (secondary N) is 2. The van der Waals surface area contributed by atoms with E-state index in [-0.39, 0.29) is 18.6 Å². The van der Waals surface area contributed by atoms with Gasteiger partial charge in [-0.2, -0.15) is 0 Å². The summed E-state index contributed by atoms with van der Waals surface area (Å²) in [5.74, 6) is -0.246. The Labute approximate surface area is 119 Å². The maximum atomic E-state index is 11.9. The molecule has 0 atom stereocenters. The van der Waals surface area contributed by atoms with Crippen molar-refractivity contribution in [2.24, 2.45) is 0 Å². The molecule has 5 nitrogen and oxygen atoms in total. The first kappa shape index (κ1) is 16.0. The van der Waals surface area contributed by atoms with Crippen LogP contribution in [-0.4, -0.2) is 23.6 Å². The van der Waals surface area contributed by atoms with Crippen LogP contribution in [0.2, 0.25) is 0 Å². The third-order valence-electron chi connectivity index (χ3n) is 2.61. The van der Waals surface area contributed by atoms with Gasteiger partial charge >= 0.3 is 6.09 Å². The summed E-state index contributed by atoms with van der Waals surface area (Å²) in [6.07, 6.45) is -0.613. The molecule has 0 aliphatic carbocycles. The van der Waals surface area contributed by atoms with E-state index >= 15 is 0 Å². The highest BCUT2D eigenvalue weighted by Crippen LogP contribution is 2.05. The average molecular weight is 278 g/mol. The van der Waals surface area contributed by atoms with E-state index in [1.165, 1.54) is 0 Å². The zero-order chi connectivity index (χ0) is 15.2. The summed E-state index contributed by atoms with van der Waals surface area (Å²) in [5, 5.41) is 5.31. The Morgan fingerprint density at radius 1 is 1.20 bits per heavy atom. The maximum Gasteiger partial charge on any atom is 0.408 e. The lowest BCUT2D eigenvalue weighted by atomic mass is 10.0. The van der Waals surface area contributed by atoms with Gasteiger partial charge in [0.05, 0.1) is 0 Å². The number of hydrogen-bond donors (Lipinski definition) is 2. The van der Waals surface area contributed by atoms with Crippen LogP contribution in [0, 0.1) is 0 Å². The molecule has 0 fully saturated rings. The first-order chi connectivity index (χ1) is 9.31. The van der Waals surface area contributed by atoms with Gasteiger partial charge < -0.3 is 15.4 Å². The number of ether oxygens (including phenoxy) is 1. The highest BCUT2D eigenvalue weighted by Gasteiger charge is 2.30. The van der Waals surface area contributed by atoms with Crippen molar-refractivity contribution in [1.29, 1.82) is 0 Å². The van der Waals surface area contributed by atoms with E-state index in [9.17, 15) is 9.59 Å². The molecule has 2 amide bonds. The molecule has 0 aromatic heterocycles. The van der Waals surface area contributed by atoms with Gasteiger partial charge in [0.15, 0.2) is 0 Å². The second-order valence-corrected chi connectivity index (χ2v) is 5.44. The molecular formula is C15H22N2O3. The fourth-order valence-corrected chi connectivity index (χ4v) is 1.51. The smallest absolute Gasteiger partial charge is 0.408 e. The van der Waals surface area contributed by atoms with Crippen LogP contribution < -0.4 is 10.6 Å². The van der Waals surface area contributed by atoms with E-state index in [1.807, 2.05) is 44.2 Å². The summed E-state index contributed by atoms with van der Waals surface area (Å²) in [4.78, 5) is 23.6. The lowest BCUT2D eigenvalue weighted by Gasteiger charge is -2.25. The third-order valence-corrected chi connectivity index (χ3v) is 2.61. The van der Waals surface area contributed by atoms with Crippen molar-refractivity contribution in [2.45, 2.75) is 45.9 Å². The van der Waals surface area contributed by atoms with Gasteiger partial charge in [-0.1, -0.05) is 30.3 Å². The molecule has 0 aliphatic rings. The van der Waals surface area contributed by atoms with Crippen LogP contribution in [0.4, 0.5) is 4.79 Å². The molecule has 0 saturated carbocycles. The average Bonchev–Trinajstić information content (AvgIpc) is 2.36. The summed E-state index contributed by atoms with van der Waals surface area (Å²) < 4.78 is 5.09. The topological polar surface area (TPSA) is 67.4 Å². The molecule has 1 aromatic rings. The van der Waals surface area contributed by atoms with Gasteiger partial charge in [-0.15, -0.1) is 0 Å². The lowest BCUT2D eigenvalue weighted by Crippen LogP contribution is -2.56. The molecule has 20 heavy (non-hydrogen) atoms. The van der Waals surface area contributed by atoms with Gasteiger partial charge in [0.2, 0.25) is 5.91 Å². The number of hydrogen-bond acceptors (Lipinski definition) is 3. The quantitative estimate of drug-likeness (QED) is 0.867. The van der Waals surface area contributed by atoms with Crippen molar-refractivity contribution in [1.82, 2.24) is 10.6 Å². The van der Waals surface area contributed by atoms with E-state index in [4.69, 9.17) is 4.74 Å². The lowest BCUT2D eigenvalue weighted by molar-refractivity contribution is -0.126. The molecule has 0 aliphatic heterocycles. The molecule has 2 N–H and O–H groups in total. The Balaban J connectivity index is 2.46. The number of carbonyl (C=O) groups is 2. The van der Waals surface area contributed by atoms with Crippen molar-refractivity contribution in [2.75, 3.05) is 0 Å². The van der Waals surface area contributed by atoms with Crippen LogP contribution in [0.3, 0.4) is 0 Å². The van der Waals surface area contributed by atoms with E-state index < -0.39 is 11.6 Å². The predicted octanol–water partition coefficient (Wildman–Crippen LogP) is 2.22. The second kappa shape index (κ2) is 6.93. The minimum atomic E-state index is -1.02. The molecule has 1 rings (SSSR count). The van der Waals surface area contributed by atoms with Crippen LogP contribution in [0.1, 0.15) is 33.3 Å². The first-order valence-corrected chi connectivity index (χ1v) is 6.61. The largest absolute Gasteiger partial charge is 0.445 e. The summed E-state index contributed by atoms with van der Waals surface area (Å²) in [6.45, 7) is 7.17. The van der Waals surface area contributed by atoms with Crippen LogP contribution in [-0.2, 0) is 16.1 Å². The monoisotopic (exact) mass is 278 g/mol. The number of amides is 2. The summed E-state index contributed by atoms with van der Waals surface area (Å²) >= 11 is 0. The van der Waals surface area contributed by atoms with Gasteiger partial charge in [-0.25, -0.2) is 4.79 Å². The molecule has 0 heterocycles. The molecular weight excluding hydrogens is 256 g/mol. The molecule has 1 aromatic carbocycles.